The molecule has 0 amide bonds. The molecule has 2 fully saturated rings. The van der Waals surface area contributed by atoms with Crippen molar-refractivity contribution in [1.29, 1.82) is 0 Å². The Morgan fingerprint density at radius 1 is 1.15 bits per heavy atom. The summed E-state index contributed by atoms with van der Waals surface area (Å²) in [5.41, 5.74) is 1.32. The van der Waals surface area contributed by atoms with E-state index >= 15 is 0 Å². The number of ether oxygens (including phenoxy) is 1. The van der Waals surface area contributed by atoms with Crippen LogP contribution >= 0.6 is 0 Å². The molecule has 2 aliphatic rings. The van der Waals surface area contributed by atoms with Crippen LogP contribution in [0.2, 0.25) is 0 Å². The molecule has 2 aliphatic carbocycles. The minimum absolute atomic E-state index is 0.00431. The number of ketones is 1. The van der Waals surface area contributed by atoms with Gasteiger partial charge in [-0.25, -0.2) is 9.97 Å². The monoisotopic (exact) mass is 363 g/mol. The maximum Gasteiger partial charge on any atom is 0.223 e. The van der Waals surface area contributed by atoms with Gasteiger partial charge in [0.05, 0.1) is 23.5 Å². The number of aliphatic hydroxyl groups excluding tert-OH is 1. The molecular formula is C20H33N3O3. The third-order valence-corrected chi connectivity index (χ3v) is 5.27. The highest BCUT2D eigenvalue weighted by atomic mass is 16.5. The van der Waals surface area contributed by atoms with Gasteiger partial charge in [0.25, 0.3) is 0 Å². The molecule has 0 atom stereocenters. The summed E-state index contributed by atoms with van der Waals surface area (Å²) >= 11 is 0. The van der Waals surface area contributed by atoms with Crippen molar-refractivity contribution in [2.45, 2.75) is 89.9 Å². The van der Waals surface area contributed by atoms with Crippen molar-refractivity contribution in [3.63, 3.8) is 0 Å². The van der Waals surface area contributed by atoms with Gasteiger partial charge in [-0.2, -0.15) is 0 Å². The normalized spacial score (nSPS) is 23.7. The van der Waals surface area contributed by atoms with Crippen LogP contribution in [0.4, 0.5) is 5.95 Å². The number of aromatic nitrogens is 2. The van der Waals surface area contributed by atoms with Crippen LogP contribution in [0.1, 0.15) is 80.8 Å². The summed E-state index contributed by atoms with van der Waals surface area (Å²) in [5, 5.41) is 12.3. The van der Waals surface area contributed by atoms with Crippen molar-refractivity contribution >= 4 is 11.7 Å². The van der Waals surface area contributed by atoms with Crippen molar-refractivity contribution in [2.75, 3.05) is 12.4 Å². The number of aryl methyl sites for hydroxylation is 1. The van der Waals surface area contributed by atoms with Gasteiger partial charge in [0.1, 0.15) is 0 Å². The molecule has 3 rings (SSSR count). The molecular weight excluding hydrogens is 330 g/mol. The van der Waals surface area contributed by atoms with E-state index in [0.717, 1.165) is 44.2 Å². The SMILES string of the molecule is COC1CCC(Nc2ncc(C(C)=O)c(C)n2)CC1.OC1CCCCC1. The highest BCUT2D eigenvalue weighted by molar-refractivity contribution is 5.94. The minimum Gasteiger partial charge on any atom is -0.393 e. The number of nitrogens with one attached hydrogen (secondary N) is 1. The number of nitrogens with zero attached hydrogens (tertiary/aromatic N) is 2. The van der Waals surface area contributed by atoms with Crippen LogP contribution in [-0.4, -0.2) is 46.2 Å². The van der Waals surface area contributed by atoms with Crippen molar-refractivity contribution in [2.24, 2.45) is 0 Å². The Balaban J connectivity index is 0.000000290. The number of hydrogen-bond acceptors (Lipinski definition) is 6. The van der Waals surface area contributed by atoms with Crippen molar-refractivity contribution in [1.82, 2.24) is 9.97 Å². The molecule has 1 aromatic rings. The fourth-order valence-electron chi connectivity index (χ4n) is 3.59. The fraction of sp³-hybridized carbons (Fsp3) is 0.750. The summed E-state index contributed by atoms with van der Waals surface area (Å²) in [4.78, 5) is 19.9. The number of anilines is 1. The van der Waals surface area contributed by atoms with E-state index in [-0.39, 0.29) is 11.9 Å². The summed E-state index contributed by atoms with van der Waals surface area (Å²) in [6.07, 6.45) is 12.2. The van der Waals surface area contributed by atoms with E-state index in [4.69, 9.17) is 9.84 Å². The third kappa shape index (κ3) is 6.65. The zero-order valence-corrected chi connectivity index (χ0v) is 16.3. The Kier molecular flexibility index (Phi) is 8.45. The maximum atomic E-state index is 11.3. The lowest BCUT2D eigenvalue weighted by molar-refractivity contribution is 0.0681. The van der Waals surface area contributed by atoms with Crippen LogP contribution < -0.4 is 5.32 Å². The van der Waals surface area contributed by atoms with Gasteiger partial charge in [-0.15, -0.1) is 0 Å². The number of carbonyl (C=O) groups excluding carboxylic acids is 1. The van der Waals surface area contributed by atoms with Crippen molar-refractivity contribution in [3.8, 4) is 0 Å². The second-order valence-corrected chi connectivity index (χ2v) is 7.39. The maximum absolute atomic E-state index is 11.3. The number of Topliss-reactive ketones (excluding diaryl/α,β-unsaturated/α-hetero) is 1. The summed E-state index contributed by atoms with van der Waals surface area (Å²) in [6, 6.07) is 0.397. The first-order valence-corrected chi connectivity index (χ1v) is 9.81. The molecule has 2 saturated carbocycles. The van der Waals surface area contributed by atoms with Crippen LogP contribution in [0, 0.1) is 6.92 Å². The molecule has 0 bridgehead atoms. The van der Waals surface area contributed by atoms with Gasteiger partial charge in [0.15, 0.2) is 5.78 Å². The lowest BCUT2D eigenvalue weighted by Gasteiger charge is -2.28. The van der Waals surface area contributed by atoms with E-state index in [9.17, 15) is 4.79 Å². The number of rotatable bonds is 4. The quantitative estimate of drug-likeness (QED) is 0.794. The summed E-state index contributed by atoms with van der Waals surface area (Å²) in [6.45, 7) is 3.37. The third-order valence-electron chi connectivity index (χ3n) is 5.27. The molecule has 0 unspecified atom stereocenters. The van der Waals surface area contributed by atoms with Gasteiger partial charge in [-0.1, -0.05) is 19.3 Å². The molecule has 0 spiro atoms. The predicted molar refractivity (Wildman–Crippen MR) is 103 cm³/mol. The van der Waals surface area contributed by atoms with E-state index < -0.39 is 0 Å². The highest BCUT2D eigenvalue weighted by Crippen LogP contribution is 2.23. The minimum atomic E-state index is 0.00431. The molecule has 0 aromatic carbocycles. The van der Waals surface area contributed by atoms with E-state index in [1.807, 2.05) is 6.92 Å². The van der Waals surface area contributed by atoms with Gasteiger partial charge in [-0.3, -0.25) is 4.79 Å². The summed E-state index contributed by atoms with van der Waals surface area (Å²) in [7, 11) is 1.77. The first-order valence-electron chi connectivity index (χ1n) is 9.81. The van der Waals surface area contributed by atoms with Crippen LogP contribution in [-0.2, 0) is 4.74 Å². The molecule has 26 heavy (non-hydrogen) atoms. The predicted octanol–water partition coefficient (Wildman–Crippen LogP) is 3.67. The molecule has 146 valence electrons. The molecule has 1 aromatic heterocycles. The Morgan fingerprint density at radius 2 is 1.81 bits per heavy atom. The second kappa shape index (κ2) is 10.6. The standard InChI is InChI=1S/C14H21N3O2.C6H12O/c1-9-13(10(2)18)8-15-14(16-9)17-11-4-6-12(19-3)7-5-11;7-6-4-2-1-3-5-6/h8,11-12H,4-7H2,1-3H3,(H,15,16,17);6-7H,1-5H2. The van der Waals surface area contributed by atoms with E-state index in [2.05, 4.69) is 15.3 Å². The van der Waals surface area contributed by atoms with Gasteiger partial charge in [0, 0.05) is 19.3 Å². The van der Waals surface area contributed by atoms with Crippen LogP contribution in [0.3, 0.4) is 0 Å². The van der Waals surface area contributed by atoms with Crippen LogP contribution in [0.5, 0.6) is 0 Å². The largest absolute Gasteiger partial charge is 0.393 e. The van der Waals surface area contributed by atoms with Gasteiger partial charge >= 0.3 is 0 Å². The Bertz CT molecular complexity index is 565. The van der Waals surface area contributed by atoms with E-state index in [0.29, 0.717) is 23.7 Å². The van der Waals surface area contributed by atoms with Gasteiger partial charge in [0.2, 0.25) is 5.95 Å². The first-order chi connectivity index (χ1) is 12.5. The molecule has 2 N–H and O–H groups in total. The average molecular weight is 364 g/mol. The fourth-order valence-corrected chi connectivity index (χ4v) is 3.59. The van der Waals surface area contributed by atoms with E-state index in [1.165, 1.54) is 26.2 Å². The summed E-state index contributed by atoms with van der Waals surface area (Å²) < 4.78 is 5.35. The highest BCUT2D eigenvalue weighted by Gasteiger charge is 2.21. The Labute approximate surface area is 156 Å². The lowest BCUT2D eigenvalue weighted by atomic mass is 9.93. The molecule has 0 radical (unpaired) electrons. The zero-order chi connectivity index (χ0) is 18.9. The van der Waals surface area contributed by atoms with Crippen molar-refractivity contribution in [3.05, 3.63) is 17.5 Å². The van der Waals surface area contributed by atoms with Crippen molar-refractivity contribution < 1.29 is 14.6 Å². The molecule has 6 nitrogen and oxygen atoms in total. The smallest absolute Gasteiger partial charge is 0.223 e. The van der Waals surface area contributed by atoms with Gasteiger partial charge in [-0.05, 0) is 52.4 Å². The molecule has 1 heterocycles. The van der Waals surface area contributed by atoms with E-state index in [1.54, 1.807) is 13.3 Å². The molecule has 0 aliphatic heterocycles. The number of hydrogen-bond donors (Lipinski definition) is 2. The topological polar surface area (TPSA) is 84.3 Å². The Morgan fingerprint density at radius 3 is 2.27 bits per heavy atom. The number of methoxy groups -OCH3 is 1. The average Bonchev–Trinajstić information content (AvgIpc) is 2.63. The lowest BCUT2D eigenvalue weighted by Crippen LogP contribution is -2.30. The molecule has 0 saturated heterocycles. The second-order valence-electron chi connectivity index (χ2n) is 7.39. The van der Waals surface area contributed by atoms with Crippen LogP contribution in [0.25, 0.3) is 0 Å². The number of aliphatic hydroxyl groups is 1. The first kappa shape index (κ1) is 20.8. The molecule has 6 heteroatoms. The summed E-state index contributed by atoms with van der Waals surface area (Å²) in [5.74, 6) is 0.619. The van der Waals surface area contributed by atoms with Gasteiger partial charge < -0.3 is 15.2 Å². The van der Waals surface area contributed by atoms with Crippen LogP contribution in [0.15, 0.2) is 6.20 Å². The Hall–Kier alpha value is -1.53. The zero-order valence-electron chi connectivity index (χ0n) is 16.3. The number of carbonyl (C=O) groups is 1.